The van der Waals surface area contributed by atoms with Gasteiger partial charge in [-0.2, -0.15) is 0 Å². The fourth-order valence-corrected chi connectivity index (χ4v) is 2.35. The third-order valence-electron chi connectivity index (χ3n) is 3.86. The molecule has 124 valence electrons. The Kier molecular flexibility index (Phi) is 7.04. The average molecular weight is 305 g/mol. The maximum Gasteiger partial charge on any atom is 0.237 e. The van der Waals surface area contributed by atoms with E-state index in [9.17, 15) is 4.79 Å². The SMILES string of the molecule is CNC(Cc1ccccc1)C(=O)NC(CN(C)C)C(C)(C)C. The van der Waals surface area contributed by atoms with Crippen LogP contribution in [0.3, 0.4) is 0 Å². The number of hydrogen-bond acceptors (Lipinski definition) is 3. The van der Waals surface area contributed by atoms with Gasteiger partial charge in [-0.25, -0.2) is 0 Å². The molecule has 2 atom stereocenters. The Morgan fingerprint density at radius 1 is 1.18 bits per heavy atom. The van der Waals surface area contributed by atoms with Crippen molar-refractivity contribution < 1.29 is 4.79 Å². The molecular formula is C18H31N3O. The van der Waals surface area contributed by atoms with Crippen LogP contribution >= 0.6 is 0 Å². The van der Waals surface area contributed by atoms with Crippen LogP contribution in [0.1, 0.15) is 26.3 Å². The second-order valence-corrected chi connectivity index (χ2v) is 7.22. The van der Waals surface area contributed by atoms with E-state index in [0.717, 1.165) is 12.1 Å². The molecule has 0 radical (unpaired) electrons. The van der Waals surface area contributed by atoms with Crippen molar-refractivity contribution in [3.63, 3.8) is 0 Å². The van der Waals surface area contributed by atoms with Crippen LogP contribution in [0, 0.1) is 5.41 Å². The predicted octanol–water partition coefficient (Wildman–Crippen LogP) is 1.91. The van der Waals surface area contributed by atoms with E-state index < -0.39 is 0 Å². The van der Waals surface area contributed by atoms with E-state index in [1.807, 2.05) is 39.3 Å². The highest BCUT2D eigenvalue weighted by atomic mass is 16.2. The van der Waals surface area contributed by atoms with E-state index in [1.165, 1.54) is 0 Å². The second-order valence-electron chi connectivity index (χ2n) is 7.22. The number of nitrogens with zero attached hydrogens (tertiary/aromatic N) is 1. The van der Waals surface area contributed by atoms with Gasteiger partial charge in [0.05, 0.1) is 6.04 Å². The summed E-state index contributed by atoms with van der Waals surface area (Å²) < 4.78 is 0. The Labute approximate surface area is 135 Å². The van der Waals surface area contributed by atoms with E-state index >= 15 is 0 Å². The first-order valence-electron chi connectivity index (χ1n) is 7.90. The van der Waals surface area contributed by atoms with Crippen LogP contribution < -0.4 is 10.6 Å². The number of benzene rings is 1. The summed E-state index contributed by atoms with van der Waals surface area (Å²) in [7, 11) is 5.90. The van der Waals surface area contributed by atoms with Crippen LogP contribution in [0.2, 0.25) is 0 Å². The molecule has 0 saturated heterocycles. The van der Waals surface area contributed by atoms with Crippen LogP contribution in [0.5, 0.6) is 0 Å². The first-order valence-corrected chi connectivity index (χ1v) is 7.90. The van der Waals surface area contributed by atoms with Crippen LogP contribution in [0.25, 0.3) is 0 Å². The van der Waals surface area contributed by atoms with Gasteiger partial charge in [0.1, 0.15) is 0 Å². The molecule has 2 unspecified atom stereocenters. The van der Waals surface area contributed by atoms with Gasteiger partial charge in [0, 0.05) is 12.6 Å². The van der Waals surface area contributed by atoms with Gasteiger partial charge < -0.3 is 15.5 Å². The fourth-order valence-electron chi connectivity index (χ4n) is 2.35. The predicted molar refractivity (Wildman–Crippen MR) is 92.9 cm³/mol. The summed E-state index contributed by atoms with van der Waals surface area (Å²) in [4.78, 5) is 14.7. The second kappa shape index (κ2) is 8.30. The maximum absolute atomic E-state index is 12.6. The van der Waals surface area contributed by atoms with Crippen molar-refractivity contribution in [2.45, 2.75) is 39.3 Å². The van der Waals surface area contributed by atoms with Gasteiger partial charge in [0.15, 0.2) is 0 Å². The standard InChI is InChI=1S/C18H31N3O/c1-18(2,3)16(13-21(5)6)20-17(22)15(19-4)12-14-10-8-7-9-11-14/h7-11,15-16,19H,12-13H2,1-6H3,(H,20,22). The smallest absolute Gasteiger partial charge is 0.237 e. The summed E-state index contributed by atoms with van der Waals surface area (Å²) >= 11 is 0. The van der Waals surface area contributed by atoms with Crippen LogP contribution in [-0.2, 0) is 11.2 Å². The average Bonchev–Trinajstić information content (AvgIpc) is 2.43. The van der Waals surface area contributed by atoms with Crippen molar-refractivity contribution in [2.75, 3.05) is 27.7 Å². The zero-order valence-electron chi connectivity index (χ0n) is 14.8. The third-order valence-corrected chi connectivity index (χ3v) is 3.86. The normalized spacial score (nSPS) is 14.7. The van der Waals surface area contributed by atoms with E-state index in [4.69, 9.17) is 0 Å². The van der Waals surface area contributed by atoms with Gasteiger partial charge in [0.2, 0.25) is 5.91 Å². The van der Waals surface area contributed by atoms with Gasteiger partial charge in [-0.1, -0.05) is 51.1 Å². The summed E-state index contributed by atoms with van der Waals surface area (Å²) in [5.41, 5.74) is 1.18. The van der Waals surface area contributed by atoms with Crippen LogP contribution in [0.4, 0.5) is 0 Å². The molecular weight excluding hydrogens is 274 g/mol. The molecule has 0 aliphatic heterocycles. The lowest BCUT2D eigenvalue weighted by Gasteiger charge is -2.34. The number of hydrogen-bond donors (Lipinski definition) is 2. The Hall–Kier alpha value is -1.39. The molecule has 1 aromatic carbocycles. The summed E-state index contributed by atoms with van der Waals surface area (Å²) in [5.74, 6) is 0.0631. The molecule has 1 rings (SSSR count). The topological polar surface area (TPSA) is 44.4 Å². The zero-order chi connectivity index (χ0) is 16.8. The number of likely N-dealkylation sites (N-methyl/N-ethyl adjacent to an activating group) is 2. The zero-order valence-corrected chi connectivity index (χ0v) is 14.8. The van der Waals surface area contributed by atoms with Crippen molar-refractivity contribution in [3.8, 4) is 0 Å². The molecule has 0 fully saturated rings. The molecule has 0 aromatic heterocycles. The van der Waals surface area contributed by atoms with Crippen molar-refractivity contribution in [2.24, 2.45) is 5.41 Å². The van der Waals surface area contributed by atoms with Crippen LogP contribution in [0.15, 0.2) is 30.3 Å². The largest absolute Gasteiger partial charge is 0.350 e. The molecule has 4 heteroatoms. The summed E-state index contributed by atoms with van der Waals surface area (Å²) in [5, 5.41) is 6.35. The lowest BCUT2D eigenvalue weighted by molar-refractivity contribution is -0.124. The molecule has 4 nitrogen and oxygen atoms in total. The van der Waals surface area contributed by atoms with Gasteiger partial charge in [-0.15, -0.1) is 0 Å². The highest BCUT2D eigenvalue weighted by molar-refractivity contribution is 5.82. The number of rotatable bonds is 7. The molecule has 0 aliphatic carbocycles. The van der Waals surface area contributed by atoms with Gasteiger partial charge >= 0.3 is 0 Å². The molecule has 0 saturated carbocycles. The van der Waals surface area contributed by atoms with Crippen molar-refractivity contribution in [1.29, 1.82) is 0 Å². The summed E-state index contributed by atoms with van der Waals surface area (Å²) in [6.45, 7) is 7.31. The van der Waals surface area contributed by atoms with Crippen molar-refractivity contribution in [1.82, 2.24) is 15.5 Å². The molecule has 22 heavy (non-hydrogen) atoms. The number of carbonyl (C=O) groups excluding carboxylic acids is 1. The minimum atomic E-state index is -0.214. The maximum atomic E-state index is 12.6. The third kappa shape index (κ3) is 6.16. The fraction of sp³-hybridized carbons (Fsp3) is 0.611. The molecule has 2 N–H and O–H groups in total. The monoisotopic (exact) mass is 305 g/mol. The number of amides is 1. The summed E-state index contributed by atoms with van der Waals surface area (Å²) in [6.07, 6.45) is 0.696. The highest BCUT2D eigenvalue weighted by Gasteiger charge is 2.29. The lowest BCUT2D eigenvalue weighted by Crippen LogP contribution is -2.54. The first kappa shape index (κ1) is 18.7. The van der Waals surface area contributed by atoms with Gasteiger partial charge in [-0.3, -0.25) is 4.79 Å². The van der Waals surface area contributed by atoms with Crippen LogP contribution in [-0.4, -0.2) is 50.6 Å². The quantitative estimate of drug-likeness (QED) is 0.809. The minimum absolute atomic E-state index is 0.0188. The number of carbonyl (C=O) groups is 1. The van der Waals surface area contributed by atoms with E-state index in [-0.39, 0.29) is 23.4 Å². The Balaban J connectivity index is 2.73. The lowest BCUT2D eigenvalue weighted by atomic mass is 9.86. The minimum Gasteiger partial charge on any atom is -0.350 e. The van der Waals surface area contributed by atoms with Crippen molar-refractivity contribution >= 4 is 5.91 Å². The van der Waals surface area contributed by atoms with Gasteiger partial charge in [0.25, 0.3) is 0 Å². The molecule has 0 spiro atoms. The Morgan fingerprint density at radius 3 is 2.23 bits per heavy atom. The highest BCUT2D eigenvalue weighted by Crippen LogP contribution is 2.20. The summed E-state index contributed by atoms with van der Waals surface area (Å²) in [6, 6.07) is 10.0. The first-order chi connectivity index (χ1) is 10.2. The molecule has 0 aliphatic rings. The molecule has 0 bridgehead atoms. The Bertz CT molecular complexity index is 451. The van der Waals surface area contributed by atoms with Gasteiger partial charge in [-0.05, 0) is 38.5 Å². The van der Waals surface area contributed by atoms with E-state index in [0.29, 0.717) is 6.42 Å². The molecule has 0 heterocycles. The molecule has 1 aromatic rings. The van der Waals surface area contributed by atoms with E-state index in [1.54, 1.807) is 0 Å². The Morgan fingerprint density at radius 2 is 1.77 bits per heavy atom. The molecule has 1 amide bonds. The van der Waals surface area contributed by atoms with Crippen molar-refractivity contribution in [3.05, 3.63) is 35.9 Å². The number of nitrogens with one attached hydrogen (secondary N) is 2. The van der Waals surface area contributed by atoms with E-state index in [2.05, 4.69) is 48.4 Å².